The molecule has 1 aliphatic rings. The molecular weight excluding hydrogens is 313 g/mol. The molecule has 21 heavy (non-hydrogen) atoms. The zero-order valence-corrected chi connectivity index (χ0v) is 13.1. The summed E-state index contributed by atoms with van der Waals surface area (Å²) in [5.74, 6) is -0.827. The normalized spacial score (nSPS) is 15.3. The molecule has 0 aliphatic carbocycles. The van der Waals surface area contributed by atoms with E-state index >= 15 is 0 Å². The van der Waals surface area contributed by atoms with Crippen LogP contribution in [0.3, 0.4) is 0 Å². The first-order valence-electron chi connectivity index (χ1n) is 6.66. The van der Waals surface area contributed by atoms with Gasteiger partial charge in [0.2, 0.25) is 0 Å². The average molecular weight is 328 g/mol. The van der Waals surface area contributed by atoms with E-state index in [0.717, 1.165) is 4.90 Å². The van der Waals surface area contributed by atoms with Crippen LogP contribution >= 0.6 is 23.2 Å². The topological polar surface area (TPSA) is 46.6 Å². The fourth-order valence-corrected chi connectivity index (χ4v) is 2.50. The van der Waals surface area contributed by atoms with Crippen molar-refractivity contribution >= 4 is 40.6 Å². The van der Waals surface area contributed by atoms with E-state index in [1.165, 1.54) is 0 Å². The Hall–Kier alpha value is -1.36. The average Bonchev–Trinajstić information content (AvgIpc) is 2.68. The molecule has 112 valence electrons. The Morgan fingerprint density at radius 2 is 1.76 bits per heavy atom. The minimum atomic E-state index is -0.455. The molecule has 0 saturated heterocycles. The van der Waals surface area contributed by atoms with Gasteiger partial charge in [-0.1, -0.05) is 35.3 Å². The van der Waals surface area contributed by atoms with E-state index in [4.69, 9.17) is 27.9 Å². The zero-order valence-electron chi connectivity index (χ0n) is 11.6. The predicted molar refractivity (Wildman–Crippen MR) is 82.1 cm³/mol. The molecule has 0 atom stereocenters. The van der Waals surface area contributed by atoms with Crippen LogP contribution < -0.4 is 0 Å². The standard InChI is InChI=1S/C15H15Cl2NO3/c1-2-21-9-3-8-18-14(19)12(13(17)15(18)20)10-4-6-11(16)7-5-10/h4-7H,2-3,8-9H2,1H3. The first-order valence-corrected chi connectivity index (χ1v) is 7.41. The first kappa shape index (κ1) is 16.0. The van der Waals surface area contributed by atoms with Gasteiger partial charge in [0.1, 0.15) is 5.03 Å². The number of halogens is 2. The van der Waals surface area contributed by atoms with Crippen molar-refractivity contribution in [2.75, 3.05) is 19.8 Å². The van der Waals surface area contributed by atoms with Crippen molar-refractivity contribution in [3.63, 3.8) is 0 Å². The molecular formula is C15H15Cl2NO3. The van der Waals surface area contributed by atoms with Crippen LogP contribution in [-0.4, -0.2) is 36.5 Å². The Morgan fingerprint density at radius 1 is 1.10 bits per heavy atom. The van der Waals surface area contributed by atoms with E-state index in [1.807, 2.05) is 6.92 Å². The van der Waals surface area contributed by atoms with Crippen LogP contribution in [0.2, 0.25) is 5.02 Å². The lowest BCUT2D eigenvalue weighted by Crippen LogP contribution is -2.32. The molecule has 0 fully saturated rings. The number of benzene rings is 1. The molecule has 1 aromatic rings. The molecule has 0 saturated carbocycles. The number of hydrogen-bond donors (Lipinski definition) is 0. The molecule has 1 aliphatic heterocycles. The summed E-state index contributed by atoms with van der Waals surface area (Å²) in [4.78, 5) is 25.6. The van der Waals surface area contributed by atoms with Crippen LogP contribution in [-0.2, 0) is 14.3 Å². The Balaban J connectivity index is 2.14. The third-order valence-electron chi connectivity index (χ3n) is 3.12. The molecule has 0 unspecified atom stereocenters. The molecule has 0 bridgehead atoms. The van der Waals surface area contributed by atoms with Crippen molar-refractivity contribution < 1.29 is 14.3 Å². The second-order valence-corrected chi connectivity index (χ2v) is 5.32. The third-order valence-corrected chi connectivity index (χ3v) is 3.72. The summed E-state index contributed by atoms with van der Waals surface area (Å²) in [6, 6.07) is 6.66. The van der Waals surface area contributed by atoms with Gasteiger partial charge in [0, 0.05) is 24.8 Å². The van der Waals surface area contributed by atoms with Crippen molar-refractivity contribution in [1.29, 1.82) is 0 Å². The molecule has 4 nitrogen and oxygen atoms in total. The van der Waals surface area contributed by atoms with Crippen molar-refractivity contribution in [3.05, 3.63) is 39.9 Å². The van der Waals surface area contributed by atoms with Crippen LogP contribution in [0.1, 0.15) is 18.9 Å². The minimum absolute atomic E-state index is 0.0428. The lowest BCUT2D eigenvalue weighted by Gasteiger charge is -2.14. The lowest BCUT2D eigenvalue weighted by atomic mass is 10.1. The molecule has 0 spiro atoms. The number of nitrogens with zero attached hydrogens (tertiary/aromatic N) is 1. The second kappa shape index (κ2) is 7.07. The molecule has 1 aromatic carbocycles. The van der Waals surface area contributed by atoms with Crippen LogP contribution in [0.25, 0.3) is 5.57 Å². The second-order valence-electron chi connectivity index (χ2n) is 4.51. The highest BCUT2D eigenvalue weighted by molar-refractivity contribution is 6.55. The Bertz CT molecular complexity index is 581. The highest BCUT2D eigenvalue weighted by Gasteiger charge is 2.37. The van der Waals surface area contributed by atoms with Gasteiger partial charge in [-0.2, -0.15) is 0 Å². The number of hydrogen-bond acceptors (Lipinski definition) is 3. The summed E-state index contributed by atoms with van der Waals surface area (Å²) in [6.45, 7) is 3.30. The molecule has 2 rings (SSSR count). The number of ether oxygens (including phenoxy) is 1. The molecule has 6 heteroatoms. The molecule has 0 radical (unpaired) electrons. The van der Waals surface area contributed by atoms with Crippen molar-refractivity contribution in [2.24, 2.45) is 0 Å². The minimum Gasteiger partial charge on any atom is -0.382 e. The van der Waals surface area contributed by atoms with E-state index < -0.39 is 5.91 Å². The highest BCUT2D eigenvalue weighted by atomic mass is 35.5. The number of carbonyl (C=O) groups excluding carboxylic acids is 2. The smallest absolute Gasteiger partial charge is 0.273 e. The Morgan fingerprint density at radius 3 is 2.38 bits per heavy atom. The Kier molecular flexibility index (Phi) is 5.39. The number of rotatable bonds is 6. The quantitative estimate of drug-likeness (QED) is 0.595. The number of imide groups is 1. The molecule has 0 aromatic heterocycles. The fourth-order valence-electron chi connectivity index (χ4n) is 2.09. The molecule has 1 heterocycles. The lowest BCUT2D eigenvalue weighted by molar-refractivity contribution is -0.136. The van der Waals surface area contributed by atoms with E-state index in [1.54, 1.807) is 24.3 Å². The van der Waals surface area contributed by atoms with Gasteiger partial charge in [-0.05, 0) is 31.0 Å². The summed E-state index contributed by atoms with van der Waals surface area (Å²) < 4.78 is 5.20. The van der Waals surface area contributed by atoms with E-state index in [2.05, 4.69) is 0 Å². The fraction of sp³-hybridized carbons (Fsp3) is 0.333. The van der Waals surface area contributed by atoms with Crippen molar-refractivity contribution in [3.8, 4) is 0 Å². The van der Waals surface area contributed by atoms with Crippen LogP contribution in [0.5, 0.6) is 0 Å². The Labute approximate surface area is 133 Å². The van der Waals surface area contributed by atoms with Crippen LogP contribution in [0.4, 0.5) is 0 Å². The maximum Gasteiger partial charge on any atom is 0.273 e. The maximum absolute atomic E-state index is 12.4. The van der Waals surface area contributed by atoms with Crippen LogP contribution in [0.15, 0.2) is 29.3 Å². The van der Waals surface area contributed by atoms with E-state index in [9.17, 15) is 9.59 Å². The number of amides is 2. The van der Waals surface area contributed by atoms with Crippen molar-refractivity contribution in [1.82, 2.24) is 4.90 Å². The van der Waals surface area contributed by atoms with Crippen LogP contribution in [0, 0.1) is 0 Å². The summed E-state index contributed by atoms with van der Waals surface area (Å²) in [6.07, 6.45) is 0.587. The predicted octanol–water partition coefficient (Wildman–Crippen LogP) is 3.09. The highest BCUT2D eigenvalue weighted by Crippen LogP contribution is 2.32. The first-order chi connectivity index (χ1) is 10.1. The number of carbonyl (C=O) groups is 2. The van der Waals surface area contributed by atoms with Crippen molar-refractivity contribution in [2.45, 2.75) is 13.3 Å². The van der Waals surface area contributed by atoms with Gasteiger partial charge in [0.25, 0.3) is 11.8 Å². The molecule has 2 amide bonds. The van der Waals surface area contributed by atoms with Gasteiger partial charge in [0.05, 0.1) is 5.57 Å². The van der Waals surface area contributed by atoms with Gasteiger partial charge in [0.15, 0.2) is 0 Å². The molecule has 0 N–H and O–H groups in total. The van der Waals surface area contributed by atoms with Gasteiger partial charge in [-0.15, -0.1) is 0 Å². The van der Waals surface area contributed by atoms with Gasteiger partial charge >= 0.3 is 0 Å². The van der Waals surface area contributed by atoms with E-state index in [-0.39, 0.29) is 16.5 Å². The summed E-state index contributed by atoms with van der Waals surface area (Å²) in [5, 5.41) is 0.513. The van der Waals surface area contributed by atoms with Gasteiger partial charge in [-0.3, -0.25) is 14.5 Å². The summed E-state index contributed by atoms with van der Waals surface area (Å²) in [5.41, 5.74) is 0.824. The summed E-state index contributed by atoms with van der Waals surface area (Å²) in [7, 11) is 0. The SMILES string of the molecule is CCOCCCN1C(=O)C(Cl)=C(c2ccc(Cl)cc2)C1=O. The third kappa shape index (κ3) is 3.46. The monoisotopic (exact) mass is 327 g/mol. The zero-order chi connectivity index (χ0) is 15.4. The van der Waals surface area contributed by atoms with Gasteiger partial charge in [-0.25, -0.2) is 0 Å². The maximum atomic E-state index is 12.4. The largest absolute Gasteiger partial charge is 0.382 e. The summed E-state index contributed by atoms with van der Waals surface area (Å²) >= 11 is 11.9. The van der Waals surface area contributed by atoms with Gasteiger partial charge < -0.3 is 4.74 Å². The van der Waals surface area contributed by atoms with E-state index in [0.29, 0.717) is 36.8 Å².